The van der Waals surface area contributed by atoms with Crippen LogP contribution in [0.4, 0.5) is 0 Å². The average molecular weight is 266 g/mol. The van der Waals surface area contributed by atoms with Gasteiger partial charge in [-0.05, 0) is 26.0 Å². The zero-order chi connectivity index (χ0) is 14.3. The maximum absolute atomic E-state index is 11.6. The van der Waals surface area contributed by atoms with Crippen molar-refractivity contribution in [1.29, 1.82) is 0 Å². The van der Waals surface area contributed by atoms with Crippen molar-refractivity contribution in [2.24, 2.45) is 0 Å². The molecule has 0 amide bonds. The zero-order valence-corrected chi connectivity index (χ0v) is 11.3. The summed E-state index contributed by atoms with van der Waals surface area (Å²) < 4.78 is 1.68. The van der Waals surface area contributed by atoms with Gasteiger partial charge in [0.15, 0.2) is 5.69 Å². The third-order valence-electron chi connectivity index (χ3n) is 3.37. The molecule has 0 spiro atoms. The van der Waals surface area contributed by atoms with Gasteiger partial charge in [-0.25, -0.2) is 9.78 Å². The Morgan fingerprint density at radius 2 is 1.80 bits per heavy atom. The highest BCUT2D eigenvalue weighted by Gasteiger charge is 2.20. The quantitative estimate of drug-likeness (QED) is 0.774. The third kappa shape index (κ3) is 1.86. The van der Waals surface area contributed by atoms with E-state index < -0.39 is 5.97 Å². The summed E-state index contributed by atoms with van der Waals surface area (Å²) in [6.45, 7) is 3.87. The van der Waals surface area contributed by atoms with Gasteiger partial charge >= 0.3 is 5.97 Å². The first kappa shape index (κ1) is 12.4. The number of carbonyl (C=O) groups is 1. The monoisotopic (exact) mass is 266 g/mol. The van der Waals surface area contributed by atoms with Crippen LogP contribution in [0.2, 0.25) is 0 Å². The van der Waals surface area contributed by atoms with E-state index in [0.29, 0.717) is 11.3 Å². The molecule has 2 heterocycles. The van der Waals surface area contributed by atoms with E-state index in [2.05, 4.69) is 4.98 Å². The van der Waals surface area contributed by atoms with E-state index in [1.54, 1.807) is 4.40 Å². The van der Waals surface area contributed by atoms with Crippen LogP contribution in [0.15, 0.2) is 42.5 Å². The first-order chi connectivity index (χ1) is 9.58. The van der Waals surface area contributed by atoms with Gasteiger partial charge in [0.25, 0.3) is 0 Å². The van der Waals surface area contributed by atoms with Crippen molar-refractivity contribution in [1.82, 2.24) is 9.38 Å². The molecule has 0 saturated heterocycles. The minimum absolute atomic E-state index is 0.210. The summed E-state index contributed by atoms with van der Waals surface area (Å²) in [5.74, 6) is -0.970. The lowest BCUT2D eigenvalue weighted by atomic mass is 10.1. The summed E-state index contributed by atoms with van der Waals surface area (Å²) in [7, 11) is 0. The summed E-state index contributed by atoms with van der Waals surface area (Å²) in [6, 6.07) is 13.3. The Labute approximate surface area is 116 Å². The molecule has 0 aliphatic rings. The number of hydrogen-bond acceptors (Lipinski definition) is 2. The van der Waals surface area contributed by atoms with Gasteiger partial charge in [0.1, 0.15) is 11.3 Å². The summed E-state index contributed by atoms with van der Waals surface area (Å²) in [4.78, 5) is 16.1. The Morgan fingerprint density at radius 3 is 2.45 bits per heavy atom. The van der Waals surface area contributed by atoms with Gasteiger partial charge in [0, 0.05) is 11.3 Å². The molecule has 2 aromatic heterocycles. The van der Waals surface area contributed by atoms with Crippen LogP contribution in [-0.4, -0.2) is 20.5 Å². The van der Waals surface area contributed by atoms with Crippen LogP contribution in [0.1, 0.15) is 21.7 Å². The number of nitrogens with zero attached hydrogens (tertiary/aromatic N) is 2. The molecule has 20 heavy (non-hydrogen) atoms. The molecule has 0 atom stereocenters. The molecule has 1 N–H and O–H groups in total. The number of pyridine rings is 1. The van der Waals surface area contributed by atoms with Crippen LogP contribution in [0.3, 0.4) is 0 Å². The van der Waals surface area contributed by atoms with E-state index in [0.717, 1.165) is 16.8 Å². The molecule has 100 valence electrons. The van der Waals surface area contributed by atoms with E-state index in [4.69, 9.17) is 0 Å². The van der Waals surface area contributed by atoms with Crippen molar-refractivity contribution >= 4 is 11.6 Å². The van der Waals surface area contributed by atoms with Gasteiger partial charge in [0.2, 0.25) is 0 Å². The van der Waals surface area contributed by atoms with E-state index >= 15 is 0 Å². The fourth-order valence-corrected chi connectivity index (χ4v) is 2.36. The fraction of sp³-hybridized carbons (Fsp3) is 0.125. The van der Waals surface area contributed by atoms with Gasteiger partial charge in [0.05, 0.1) is 0 Å². The lowest BCUT2D eigenvalue weighted by Crippen LogP contribution is -2.05. The number of imidazole rings is 1. The van der Waals surface area contributed by atoms with Crippen molar-refractivity contribution in [3.63, 3.8) is 0 Å². The van der Waals surface area contributed by atoms with Crippen LogP contribution in [0, 0.1) is 13.8 Å². The van der Waals surface area contributed by atoms with Gasteiger partial charge in [-0.2, -0.15) is 0 Å². The molecule has 4 nitrogen and oxygen atoms in total. The van der Waals surface area contributed by atoms with Gasteiger partial charge in [-0.15, -0.1) is 0 Å². The van der Waals surface area contributed by atoms with E-state index in [-0.39, 0.29) is 5.69 Å². The molecule has 0 saturated carbocycles. The largest absolute Gasteiger partial charge is 0.476 e. The van der Waals surface area contributed by atoms with Crippen molar-refractivity contribution in [3.05, 3.63) is 59.4 Å². The predicted molar refractivity (Wildman–Crippen MR) is 77.1 cm³/mol. The average Bonchev–Trinajstić information content (AvgIpc) is 2.80. The number of carboxylic acids is 1. The molecule has 1 aromatic carbocycles. The highest BCUT2D eigenvalue weighted by atomic mass is 16.4. The van der Waals surface area contributed by atoms with E-state index in [1.165, 1.54) is 0 Å². The Hall–Kier alpha value is -2.62. The first-order valence-electron chi connectivity index (χ1n) is 6.36. The number of benzene rings is 1. The number of rotatable bonds is 2. The molecule has 3 rings (SSSR count). The number of aromatic carboxylic acids is 1. The van der Waals surface area contributed by atoms with Crippen molar-refractivity contribution in [2.75, 3.05) is 0 Å². The first-order valence-corrected chi connectivity index (χ1v) is 6.36. The van der Waals surface area contributed by atoms with Crippen molar-refractivity contribution < 1.29 is 9.90 Å². The van der Waals surface area contributed by atoms with Crippen LogP contribution in [0.5, 0.6) is 0 Å². The van der Waals surface area contributed by atoms with E-state index in [9.17, 15) is 9.90 Å². The molecule has 0 radical (unpaired) electrons. The molecule has 4 heteroatoms. The lowest BCUT2D eigenvalue weighted by molar-refractivity contribution is 0.0690. The minimum atomic E-state index is -0.970. The maximum atomic E-state index is 11.6. The molecular weight excluding hydrogens is 252 g/mol. The summed E-state index contributed by atoms with van der Waals surface area (Å²) in [5, 5.41) is 9.53. The molecular formula is C16H14N2O2. The number of aryl methyl sites for hydroxylation is 2. The van der Waals surface area contributed by atoms with Crippen LogP contribution in [-0.2, 0) is 0 Å². The SMILES string of the molecule is Cc1ccc(-c2nc3cccc(C)n3c2C(=O)O)cc1. The van der Waals surface area contributed by atoms with Crippen LogP contribution in [0.25, 0.3) is 16.9 Å². The standard InChI is InChI=1S/C16H14N2O2/c1-10-6-8-12(9-7-10)14-15(16(19)20)18-11(2)4-3-5-13(18)17-14/h3-9H,1-2H3,(H,19,20). The predicted octanol–water partition coefficient (Wildman–Crippen LogP) is 3.32. The van der Waals surface area contributed by atoms with Gasteiger partial charge in [-0.1, -0.05) is 35.9 Å². The number of fused-ring (bicyclic) bond motifs is 1. The highest BCUT2D eigenvalue weighted by Crippen LogP contribution is 2.25. The summed E-state index contributed by atoms with van der Waals surface area (Å²) in [5.41, 5.74) is 4.17. The number of aromatic nitrogens is 2. The molecule has 0 fully saturated rings. The topological polar surface area (TPSA) is 54.6 Å². The third-order valence-corrected chi connectivity index (χ3v) is 3.37. The minimum Gasteiger partial charge on any atom is -0.476 e. The maximum Gasteiger partial charge on any atom is 0.355 e. The van der Waals surface area contributed by atoms with Crippen LogP contribution >= 0.6 is 0 Å². The Morgan fingerprint density at radius 1 is 1.10 bits per heavy atom. The van der Waals surface area contributed by atoms with E-state index in [1.807, 2.05) is 56.3 Å². The van der Waals surface area contributed by atoms with Gasteiger partial charge < -0.3 is 5.11 Å². The van der Waals surface area contributed by atoms with Crippen molar-refractivity contribution in [2.45, 2.75) is 13.8 Å². The Balaban J connectivity index is 2.35. The molecule has 0 unspecified atom stereocenters. The second kappa shape index (κ2) is 4.49. The second-order valence-electron chi connectivity index (χ2n) is 4.84. The van der Waals surface area contributed by atoms with Crippen molar-refractivity contribution in [3.8, 4) is 11.3 Å². The Bertz CT molecular complexity index is 801. The lowest BCUT2D eigenvalue weighted by Gasteiger charge is -2.03. The highest BCUT2D eigenvalue weighted by molar-refractivity contribution is 5.94. The van der Waals surface area contributed by atoms with Crippen LogP contribution < -0.4 is 0 Å². The second-order valence-corrected chi connectivity index (χ2v) is 4.84. The Kier molecular flexibility index (Phi) is 2.79. The van der Waals surface area contributed by atoms with Gasteiger partial charge in [-0.3, -0.25) is 4.40 Å². The number of hydrogen-bond donors (Lipinski definition) is 1. The zero-order valence-electron chi connectivity index (χ0n) is 11.3. The fourth-order valence-electron chi connectivity index (χ4n) is 2.36. The number of carboxylic acid groups (broad SMARTS) is 1. The molecule has 0 bridgehead atoms. The summed E-state index contributed by atoms with van der Waals surface area (Å²) in [6.07, 6.45) is 0. The molecule has 0 aliphatic heterocycles. The summed E-state index contributed by atoms with van der Waals surface area (Å²) >= 11 is 0. The molecule has 3 aromatic rings. The normalized spacial score (nSPS) is 10.9. The molecule has 0 aliphatic carbocycles. The smallest absolute Gasteiger partial charge is 0.355 e.